The van der Waals surface area contributed by atoms with E-state index in [1.54, 1.807) is 4.68 Å². The van der Waals surface area contributed by atoms with Gasteiger partial charge in [0, 0.05) is 17.6 Å². The zero-order valence-corrected chi connectivity index (χ0v) is 11.4. The lowest BCUT2D eigenvalue weighted by Crippen LogP contribution is -2.21. The lowest BCUT2D eigenvalue weighted by Gasteiger charge is -2.04. The van der Waals surface area contributed by atoms with Gasteiger partial charge in [-0.15, -0.1) is 5.10 Å². The normalized spacial score (nSPS) is 11.1. The van der Waals surface area contributed by atoms with Gasteiger partial charge < -0.3 is 5.32 Å². The minimum absolute atomic E-state index is 0.443. The molecule has 1 aromatic heterocycles. The third-order valence-corrected chi connectivity index (χ3v) is 2.94. The van der Waals surface area contributed by atoms with Crippen molar-refractivity contribution >= 4 is 11.6 Å². The second-order valence-corrected chi connectivity index (χ2v) is 4.94. The summed E-state index contributed by atoms with van der Waals surface area (Å²) in [7, 11) is 0. The highest BCUT2D eigenvalue weighted by atomic mass is 35.5. The van der Waals surface area contributed by atoms with Crippen LogP contribution in [0.4, 0.5) is 0 Å². The topological polar surface area (TPSA) is 42.7 Å². The number of halogens is 1. The first-order valence-electron chi connectivity index (χ1n) is 6.01. The minimum Gasteiger partial charge on any atom is -0.309 e. The molecule has 0 bridgehead atoms. The zero-order valence-electron chi connectivity index (χ0n) is 10.6. The number of hydrogen-bond acceptors (Lipinski definition) is 3. The Morgan fingerprint density at radius 2 is 2.11 bits per heavy atom. The number of nitrogens with zero attached hydrogens (tertiary/aromatic N) is 3. The molecule has 0 unspecified atom stereocenters. The van der Waals surface area contributed by atoms with Crippen LogP contribution in [-0.2, 0) is 13.1 Å². The summed E-state index contributed by atoms with van der Waals surface area (Å²) in [6.45, 7) is 5.59. The Kier molecular flexibility index (Phi) is 4.33. The van der Waals surface area contributed by atoms with E-state index in [9.17, 15) is 0 Å². The molecule has 0 aliphatic carbocycles. The molecule has 0 aliphatic heterocycles. The van der Waals surface area contributed by atoms with Crippen molar-refractivity contribution in [3.8, 4) is 0 Å². The molecule has 0 saturated carbocycles. The van der Waals surface area contributed by atoms with Crippen molar-refractivity contribution in [2.75, 3.05) is 0 Å². The van der Waals surface area contributed by atoms with Crippen LogP contribution in [0.15, 0.2) is 30.5 Å². The molecule has 1 heterocycles. The summed E-state index contributed by atoms with van der Waals surface area (Å²) >= 11 is 6.11. The summed E-state index contributed by atoms with van der Waals surface area (Å²) < 4.78 is 1.80. The van der Waals surface area contributed by atoms with Crippen molar-refractivity contribution in [2.45, 2.75) is 33.0 Å². The van der Waals surface area contributed by atoms with E-state index in [0.29, 0.717) is 12.6 Å². The number of aromatic nitrogens is 3. The number of hydrogen-bond donors (Lipinski definition) is 1. The summed E-state index contributed by atoms with van der Waals surface area (Å²) in [5.74, 6) is 0. The highest BCUT2D eigenvalue weighted by Gasteiger charge is 2.04. The van der Waals surface area contributed by atoms with E-state index in [-0.39, 0.29) is 0 Å². The molecule has 0 atom stereocenters. The molecule has 0 aliphatic rings. The Bertz CT molecular complexity index is 507. The Labute approximate surface area is 112 Å². The van der Waals surface area contributed by atoms with Crippen LogP contribution in [0.3, 0.4) is 0 Å². The van der Waals surface area contributed by atoms with E-state index in [4.69, 9.17) is 11.6 Å². The van der Waals surface area contributed by atoms with Crippen molar-refractivity contribution in [3.63, 3.8) is 0 Å². The first-order chi connectivity index (χ1) is 8.65. The SMILES string of the molecule is CC(C)NCc1cn(Cc2ccccc2Cl)nn1. The van der Waals surface area contributed by atoms with Crippen LogP contribution in [0.2, 0.25) is 5.02 Å². The summed E-state index contributed by atoms with van der Waals surface area (Å²) in [6.07, 6.45) is 1.94. The second kappa shape index (κ2) is 5.98. The van der Waals surface area contributed by atoms with Gasteiger partial charge in [0.1, 0.15) is 0 Å². The van der Waals surface area contributed by atoms with Gasteiger partial charge in [0.15, 0.2) is 0 Å². The minimum atomic E-state index is 0.443. The summed E-state index contributed by atoms with van der Waals surface area (Å²) in [5.41, 5.74) is 1.99. The molecule has 0 amide bonds. The Hall–Kier alpha value is -1.39. The van der Waals surface area contributed by atoms with Crippen molar-refractivity contribution in [1.29, 1.82) is 0 Å². The fraction of sp³-hybridized carbons (Fsp3) is 0.385. The zero-order chi connectivity index (χ0) is 13.0. The maximum absolute atomic E-state index is 6.11. The molecular weight excluding hydrogens is 248 g/mol. The lowest BCUT2D eigenvalue weighted by atomic mass is 10.2. The maximum Gasteiger partial charge on any atom is 0.0965 e. The van der Waals surface area contributed by atoms with Crippen LogP contribution in [0.5, 0.6) is 0 Å². The Balaban J connectivity index is 2.00. The average molecular weight is 265 g/mol. The number of rotatable bonds is 5. The molecular formula is C13H17ClN4. The monoisotopic (exact) mass is 264 g/mol. The average Bonchev–Trinajstić information content (AvgIpc) is 2.77. The van der Waals surface area contributed by atoms with Crippen LogP contribution in [0.1, 0.15) is 25.1 Å². The number of benzene rings is 1. The third kappa shape index (κ3) is 3.55. The largest absolute Gasteiger partial charge is 0.309 e. The standard InChI is InChI=1S/C13H17ClN4/c1-10(2)15-7-12-9-18(17-16-12)8-11-5-3-4-6-13(11)14/h3-6,9-10,15H,7-8H2,1-2H3. The van der Waals surface area contributed by atoms with E-state index in [1.807, 2.05) is 30.5 Å². The van der Waals surface area contributed by atoms with Crippen molar-refractivity contribution < 1.29 is 0 Å². The molecule has 4 nitrogen and oxygen atoms in total. The van der Waals surface area contributed by atoms with Gasteiger partial charge in [-0.3, -0.25) is 0 Å². The fourth-order valence-electron chi connectivity index (χ4n) is 1.61. The van der Waals surface area contributed by atoms with Gasteiger partial charge in [-0.1, -0.05) is 48.9 Å². The van der Waals surface area contributed by atoms with E-state index in [2.05, 4.69) is 29.5 Å². The number of nitrogens with one attached hydrogen (secondary N) is 1. The molecule has 1 N–H and O–H groups in total. The third-order valence-electron chi connectivity index (χ3n) is 2.57. The Morgan fingerprint density at radius 1 is 1.33 bits per heavy atom. The molecule has 18 heavy (non-hydrogen) atoms. The summed E-state index contributed by atoms with van der Waals surface area (Å²) in [5, 5.41) is 12.3. The van der Waals surface area contributed by atoms with Crippen molar-refractivity contribution in [1.82, 2.24) is 20.3 Å². The summed E-state index contributed by atoms with van der Waals surface area (Å²) in [4.78, 5) is 0. The predicted octanol–water partition coefficient (Wildman–Crippen LogP) is 2.48. The van der Waals surface area contributed by atoms with Gasteiger partial charge in [-0.25, -0.2) is 4.68 Å². The molecule has 5 heteroatoms. The lowest BCUT2D eigenvalue weighted by molar-refractivity contribution is 0.580. The van der Waals surface area contributed by atoms with E-state index in [1.165, 1.54) is 0 Å². The van der Waals surface area contributed by atoms with E-state index >= 15 is 0 Å². The van der Waals surface area contributed by atoms with Gasteiger partial charge in [0.2, 0.25) is 0 Å². The van der Waals surface area contributed by atoms with Crippen LogP contribution >= 0.6 is 11.6 Å². The second-order valence-electron chi connectivity index (χ2n) is 4.53. The maximum atomic E-state index is 6.11. The summed E-state index contributed by atoms with van der Waals surface area (Å²) in [6, 6.07) is 8.22. The van der Waals surface area contributed by atoms with Gasteiger partial charge in [-0.2, -0.15) is 0 Å². The molecule has 2 aromatic rings. The van der Waals surface area contributed by atoms with Crippen molar-refractivity contribution in [3.05, 3.63) is 46.7 Å². The van der Waals surface area contributed by atoms with Crippen LogP contribution in [0, 0.1) is 0 Å². The van der Waals surface area contributed by atoms with Crippen LogP contribution in [-0.4, -0.2) is 21.0 Å². The molecule has 96 valence electrons. The van der Waals surface area contributed by atoms with Crippen molar-refractivity contribution in [2.24, 2.45) is 0 Å². The predicted molar refractivity (Wildman–Crippen MR) is 72.6 cm³/mol. The Morgan fingerprint density at radius 3 is 2.83 bits per heavy atom. The molecule has 0 saturated heterocycles. The van der Waals surface area contributed by atoms with Gasteiger partial charge in [-0.05, 0) is 11.6 Å². The first kappa shape index (κ1) is 13.1. The van der Waals surface area contributed by atoms with E-state index in [0.717, 1.165) is 22.8 Å². The van der Waals surface area contributed by atoms with Gasteiger partial charge in [0.25, 0.3) is 0 Å². The smallest absolute Gasteiger partial charge is 0.0965 e. The molecule has 2 rings (SSSR count). The quantitative estimate of drug-likeness (QED) is 0.902. The van der Waals surface area contributed by atoms with E-state index < -0.39 is 0 Å². The molecule has 0 fully saturated rings. The highest BCUT2D eigenvalue weighted by Crippen LogP contribution is 2.15. The van der Waals surface area contributed by atoms with Gasteiger partial charge >= 0.3 is 0 Å². The van der Waals surface area contributed by atoms with Crippen LogP contribution < -0.4 is 5.32 Å². The molecule has 0 spiro atoms. The molecule has 0 radical (unpaired) electrons. The highest BCUT2D eigenvalue weighted by molar-refractivity contribution is 6.31. The van der Waals surface area contributed by atoms with Crippen LogP contribution in [0.25, 0.3) is 0 Å². The first-order valence-corrected chi connectivity index (χ1v) is 6.39. The fourth-order valence-corrected chi connectivity index (χ4v) is 1.80. The molecule has 1 aromatic carbocycles. The van der Waals surface area contributed by atoms with Gasteiger partial charge in [0.05, 0.1) is 18.4 Å².